The van der Waals surface area contributed by atoms with Gasteiger partial charge in [0.15, 0.2) is 0 Å². The smallest absolute Gasteiger partial charge is 0.304 e. The lowest BCUT2D eigenvalue weighted by molar-refractivity contribution is -0.141. The molecule has 0 aromatic carbocycles. The molecule has 3 N–H and O–H groups in total. The van der Waals surface area contributed by atoms with E-state index in [2.05, 4.69) is 0 Å². The van der Waals surface area contributed by atoms with Crippen LogP contribution in [-0.4, -0.2) is 53.2 Å². The highest BCUT2D eigenvalue weighted by Crippen LogP contribution is 1.89. The number of hydrogen-bond donors (Lipinski definition) is 3. The first-order valence-electron chi connectivity index (χ1n) is 3.42. The first-order chi connectivity index (χ1) is 5.81. The SMILES string of the molecule is O=C(O)CCN(O)CCS(=O)(=O)O. The number of hydrogen-bond acceptors (Lipinski definition) is 5. The Morgan fingerprint density at radius 3 is 2.23 bits per heavy atom. The Morgan fingerprint density at radius 2 is 1.85 bits per heavy atom. The molecule has 7 nitrogen and oxygen atoms in total. The van der Waals surface area contributed by atoms with Gasteiger partial charge in [0, 0.05) is 13.1 Å². The molecule has 0 spiro atoms. The molecule has 0 saturated heterocycles. The van der Waals surface area contributed by atoms with Crippen LogP contribution < -0.4 is 0 Å². The summed E-state index contributed by atoms with van der Waals surface area (Å²) in [6, 6.07) is 0. The average molecular weight is 213 g/mol. The van der Waals surface area contributed by atoms with E-state index in [1.54, 1.807) is 0 Å². The molecule has 0 unspecified atom stereocenters. The van der Waals surface area contributed by atoms with Crippen LogP contribution in [0, 0.1) is 0 Å². The zero-order valence-corrected chi connectivity index (χ0v) is 7.57. The van der Waals surface area contributed by atoms with Crippen LogP contribution in [0.4, 0.5) is 0 Å². The summed E-state index contributed by atoms with van der Waals surface area (Å²) in [4.78, 5) is 10.00. The minimum Gasteiger partial charge on any atom is -0.481 e. The monoisotopic (exact) mass is 213 g/mol. The molecule has 0 rings (SSSR count). The molecular formula is C5H11NO6S. The molecule has 78 valence electrons. The second-order valence-electron chi connectivity index (χ2n) is 2.38. The van der Waals surface area contributed by atoms with E-state index in [1.807, 2.05) is 0 Å². The summed E-state index contributed by atoms with van der Waals surface area (Å²) in [7, 11) is -4.11. The van der Waals surface area contributed by atoms with Gasteiger partial charge in [-0.25, -0.2) is 0 Å². The number of rotatable bonds is 6. The lowest BCUT2D eigenvalue weighted by Gasteiger charge is -2.11. The van der Waals surface area contributed by atoms with E-state index in [0.717, 1.165) is 0 Å². The van der Waals surface area contributed by atoms with Crippen LogP contribution in [0.5, 0.6) is 0 Å². The van der Waals surface area contributed by atoms with E-state index in [9.17, 15) is 13.2 Å². The van der Waals surface area contributed by atoms with Gasteiger partial charge in [0.25, 0.3) is 10.1 Å². The fourth-order valence-corrected chi connectivity index (χ4v) is 0.999. The molecule has 0 amide bonds. The topological polar surface area (TPSA) is 115 Å². The van der Waals surface area contributed by atoms with E-state index in [4.69, 9.17) is 14.9 Å². The summed E-state index contributed by atoms with van der Waals surface area (Å²) >= 11 is 0. The molecule has 0 aliphatic heterocycles. The Hall–Kier alpha value is -0.700. The Balaban J connectivity index is 3.64. The van der Waals surface area contributed by atoms with E-state index in [-0.39, 0.29) is 19.5 Å². The maximum Gasteiger partial charge on any atom is 0.304 e. The van der Waals surface area contributed by atoms with E-state index in [1.165, 1.54) is 0 Å². The molecule has 0 fully saturated rings. The summed E-state index contributed by atoms with van der Waals surface area (Å²) in [5.74, 6) is -1.71. The van der Waals surface area contributed by atoms with Gasteiger partial charge >= 0.3 is 5.97 Å². The molecular weight excluding hydrogens is 202 g/mol. The second kappa shape index (κ2) is 5.12. The first kappa shape index (κ1) is 12.3. The van der Waals surface area contributed by atoms with Crippen molar-refractivity contribution < 1.29 is 28.1 Å². The maximum atomic E-state index is 10.2. The summed E-state index contributed by atoms with van der Waals surface area (Å²) in [5, 5.41) is 17.6. The molecule has 0 aliphatic rings. The predicted octanol–water partition coefficient (Wildman–Crippen LogP) is -0.960. The molecule has 0 aliphatic carbocycles. The molecule has 8 heteroatoms. The fraction of sp³-hybridized carbons (Fsp3) is 0.800. The van der Waals surface area contributed by atoms with Crippen molar-refractivity contribution in [2.45, 2.75) is 6.42 Å². The van der Waals surface area contributed by atoms with Crippen molar-refractivity contribution in [3.05, 3.63) is 0 Å². The van der Waals surface area contributed by atoms with Gasteiger partial charge in [0.2, 0.25) is 0 Å². The highest BCUT2D eigenvalue weighted by molar-refractivity contribution is 7.85. The van der Waals surface area contributed by atoms with Crippen molar-refractivity contribution >= 4 is 16.1 Å². The summed E-state index contributed by atoms with van der Waals surface area (Å²) in [6.45, 7) is -0.489. The van der Waals surface area contributed by atoms with Crippen LogP contribution in [-0.2, 0) is 14.9 Å². The quantitative estimate of drug-likeness (QED) is 0.384. The molecule has 0 bridgehead atoms. The Labute approximate surface area is 75.3 Å². The standard InChI is InChI=1S/C5H11NO6S/c7-5(8)1-2-6(9)3-4-13(10,11)12/h9H,1-4H2,(H,7,8)(H,10,11,12). The number of hydroxylamine groups is 2. The minimum absolute atomic E-state index is 0.176. The van der Waals surface area contributed by atoms with Gasteiger partial charge in [-0.3, -0.25) is 9.35 Å². The third-order valence-corrected chi connectivity index (χ3v) is 1.89. The van der Waals surface area contributed by atoms with Crippen molar-refractivity contribution in [2.24, 2.45) is 0 Å². The Bertz CT molecular complexity index is 260. The lowest BCUT2D eigenvalue weighted by atomic mass is 10.4. The molecule has 13 heavy (non-hydrogen) atoms. The van der Waals surface area contributed by atoms with Crippen LogP contribution in [0.2, 0.25) is 0 Å². The van der Waals surface area contributed by atoms with E-state index < -0.39 is 21.8 Å². The molecule has 0 heterocycles. The average Bonchev–Trinajstić information content (AvgIpc) is 1.95. The fourth-order valence-electron chi connectivity index (χ4n) is 0.557. The van der Waals surface area contributed by atoms with Crippen LogP contribution in [0.1, 0.15) is 6.42 Å². The van der Waals surface area contributed by atoms with Gasteiger partial charge in [-0.05, 0) is 0 Å². The predicted molar refractivity (Wildman–Crippen MR) is 42.0 cm³/mol. The summed E-state index contributed by atoms with van der Waals surface area (Å²) < 4.78 is 28.6. The number of carbonyl (C=O) groups is 1. The Morgan fingerprint density at radius 1 is 1.31 bits per heavy atom. The van der Waals surface area contributed by atoms with E-state index >= 15 is 0 Å². The summed E-state index contributed by atoms with van der Waals surface area (Å²) in [6.07, 6.45) is -0.290. The van der Waals surface area contributed by atoms with Crippen LogP contribution in [0.25, 0.3) is 0 Å². The van der Waals surface area contributed by atoms with Gasteiger partial charge < -0.3 is 10.3 Å². The summed E-state index contributed by atoms with van der Waals surface area (Å²) in [5.41, 5.74) is 0. The molecule has 0 saturated carbocycles. The van der Waals surface area contributed by atoms with Gasteiger partial charge in [0.1, 0.15) is 0 Å². The minimum atomic E-state index is -4.11. The molecule has 0 aromatic rings. The van der Waals surface area contributed by atoms with Gasteiger partial charge in [-0.2, -0.15) is 13.5 Å². The highest BCUT2D eigenvalue weighted by atomic mass is 32.2. The lowest BCUT2D eigenvalue weighted by Crippen LogP contribution is -2.28. The van der Waals surface area contributed by atoms with Gasteiger partial charge in [-0.1, -0.05) is 0 Å². The van der Waals surface area contributed by atoms with Crippen molar-refractivity contribution in [1.82, 2.24) is 5.06 Å². The molecule has 0 atom stereocenters. The van der Waals surface area contributed by atoms with E-state index in [0.29, 0.717) is 5.06 Å². The van der Waals surface area contributed by atoms with Crippen molar-refractivity contribution in [3.63, 3.8) is 0 Å². The maximum absolute atomic E-state index is 10.2. The molecule has 0 aromatic heterocycles. The number of nitrogens with zero attached hydrogens (tertiary/aromatic N) is 1. The van der Waals surface area contributed by atoms with Gasteiger partial charge in [-0.15, -0.1) is 0 Å². The third-order valence-electron chi connectivity index (χ3n) is 1.19. The van der Waals surface area contributed by atoms with Crippen molar-refractivity contribution in [1.29, 1.82) is 0 Å². The van der Waals surface area contributed by atoms with Crippen LogP contribution in [0.3, 0.4) is 0 Å². The Kier molecular flexibility index (Phi) is 4.85. The second-order valence-corrected chi connectivity index (χ2v) is 3.96. The largest absolute Gasteiger partial charge is 0.481 e. The zero-order valence-electron chi connectivity index (χ0n) is 6.75. The number of carboxylic acids is 1. The normalized spacial score (nSPS) is 11.9. The first-order valence-corrected chi connectivity index (χ1v) is 5.03. The van der Waals surface area contributed by atoms with Crippen molar-refractivity contribution in [3.8, 4) is 0 Å². The van der Waals surface area contributed by atoms with Crippen LogP contribution in [0.15, 0.2) is 0 Å². The van der Waals surface area contributed by atoms with Gasteiger partial charge in [0.05, 0.1) is 12.2 Å². The number of aliphatic carboxylic acids is 1. The number of carboxylic acid groups (broad SMARTS) is 1. The molecule has 0 radical (unpaired) electrons. The zero-order chi connectivity index (χ0) is 10.5. The third kappa shape index (κ3) is 9.21. The highest BCUT2D eigenvalue weighted by Gasteiger charge is 2.09. The van der Waals surface area contributed by atoms with Crippen molar-refractivity contribution in [2.75, 3.05) is 18.8 Å². The van der Waals surface area contributed by atoms with Crippen LogP contribution >= 0.6 is 0 Å².